The molecule has 0 N–H and O–H groups in total. The molecule has 0 spiro atoms. The second kappa shape index (κ2) is 6.30. The van der Waals surface area contributed by atoms with Gasteiger partial charge in [0.2, 0.25) is 0 Å². The molecule has 2 rings (SSSR count). The minimum absolute atomic E-state index is 0.271. The van der Waals surface area contributed by atoms with E-state index in [-0.39, 0.29) is 5.78 Å². The summed E-state index contributed by atoms with van der Waals surface area (Å²) in [6, 6.07) is 2.34. The molecule has 1 aliphatic heterocycles. The molecule has 1 unspecified atom stereocenters. The van der Waals surface area contributed by atoms with Gasteiger partial charge >= 0.3 is 0 Å². The maximum absolute atomic E-state index is 11.3. The van der Waals surface area contributed by atoms with E-state index in [9.17, 15) is 4.79 Å². The number of aromatic nitrogens is 1. The van der Waals surface area contributed by atoms with E-state index in [4.69, 9.17) is 11.6 Å². The number of nitrogens with zero attached hydrogens (tertiary/aromatic N) is 2. The fourth-order valence-corrected chi connectivity index (χ4v) is 2.76. The van der Waals surface area contributed by atoms with Crippen LogP contribution in [0.15, 0.2) is 18.5 Å². The first kappa shape index (κ1) is 13.5. The molecule has 1 aliphatic rings. The third kappa shape index (κ3) is 3.53. The first-order valence-electron chi connectivity index (χ1n) is 6.48. The Bertz CT molecular complexity index is 422. The molecule has 0 bridgehead atoms. The van der Waals surface area contributed by atoms with Gasteiger partial charge in [-0.2, -0.15) is 0 Å². The monoisotopic (exact) mass is 266 g/mol. The van der Waals surface area contributed by atoms with Gasteiger partial charge in [-0.3, -0.25) is 14.7 Å². The predicted octanol–water partition coefficient (Wildman–Crippen LogP) is 3.07. The molecule has 0 aliphatic carbocycles. The van der Waals surface area contributed by atoms with Crippen molar-refractivity contribution >= 4 is 17.4 Å². The molecular formula is C14H19ClN2O. The van der Waals surface area contributed by atoms with Crippen molar-refractivity contribution in [3.05, 3.63) is 29.0 Å². The van der Waals surface area contributed by atoms with Crippen LogP contribution in [-0.2, 0) is 11.3 Å². The zero-order valence-corrected chi connectivity index (χ0v) is 11.5. The van der Waals surface area contributed by atoms with Crippen LogP contribution in [-0.4, -0.2) is 28.3 Å². The molecule has 0 aromatic carbocycles. The Morgan fingerprint density at radius 1 is 1.56 bits per heavy atom. The van der Waals surface area contributed by atoms with Crippen molar-refractivity contribution in [3.63, 3.8) is 0 Å². The summed E-state index contributed by atoms with van der Waals surface area (Å²) in [7, 11) is 0. The van der Waals surface area contributed by atoms with Gasteiger partial charge in [0.1, 0.15) is 5.78 Å². The van der Waals surface area contributed by atoms with Gasteiger partial charge < -0.3 is 0 Å². The van der Waals surface area contributed by atoms with Gasteiger partial charge in [-0.15, -0.1) is 0 Å². The lowest BCUT2D eigenvalue weighted by Crippen LogP contribution is -2.40. The smallest absolute Gasteiger partial charge is 0.131 e. The summed E-state index contributed by atoms with van der Waals surface area (Å²) in [6.07, 6.45) is 7.65. The number of Topliss-reactive ketones (excluding diaryl/α,β-unsaturated/α-hetero) is 1. The summed E-state index contributed by atoms with van der Waals surface area (Å²) in [5.41, 5.74) is 1.10. The summed E-state index contributed by atoms with van der Waals surface area (Å²) in [6.45, 7) is 3.54. The highest BCUT2D eigenvalue weighted by atomic mass is 35.5. The van der Waals surface area contributed by atoms with E-state index in [1.807, 2.05) is 6.07 Å². The molecule has 3 nitrogen and oxygen atoms in total. The van der Waals surface area contributed by atoms with Crippen molar-refractivity contribution < 1.29 is 4.79 Å². The van der Waals surface area contributed by atoms with Crippen LogP contribution in [0.5, 0.6) is 0 Å². The average molecular weight is 267 g/mol. The van der Waals surface area contributed by atoms with E-state index >= 15 is 0 Å². The molecule has 2 heterocycles. The van der Waals surface area contributed by atoms with E-state index in [2.05, 4.69) is 9.88 Å². The van der Waals surface area contributed by atoms with Crippen molar-refractivity contribution in [1.82, 2.24) is 9.88 Å². The van der Waals surface area contributed by atoms with E-state index in [0.717, 1.165) is 25.1 Å². The number of hydrogen-bond acceptors (Lipinski definition) is 3. The topological polar surface area (TPSA) is 33.2 Å². The Balaban J connectivity index is 2.05. The number of piperidine rings is 1. The first-order chi connectivity index (χ1) is 8.66. The summed E-state index contributed by atoms with van der Waals surface area (Å²) >= 11 is 6.14. The number of ketones is 1. The molecule has 0 saturated carbocycles. The molecule has 0 radical (unpaired) electrons. The minimum atomic E-state index is 0.271. The number of carbonyl (C=O) groups excluding carboxylic acids is 1. The van der Waals surface area contributed by atoms with Crippen LogP contribution >= 0.6 is 11.6 Å². The summed E-state index contributed by atoms with van der Waals surface area (Å²) < 4.78 is 0. The van der Waals surface area contributed by atoms with Crippen LogP contribution in [0.3, 0.4) is 0 Å². The standard InChI is InChI=1S/C14H19ClN2O/c1-11(18)8-13-4-2-3-7-17(13)10-12-5-6-16-9-14(12)15/h5-6,9,13H,2-4,7-8,10H2,1H3. The first-order valence-corrected chi connectivity index (χ1v) is 6.86. The van der Waals surface area contributed by atoms with Gasteiger partial charge in [-0.05, 0) is 37.9 Å². The van der Waals surface area contributed by atoms with Crippen molar-refractivity contribution in [2.45, 2.75) is 45.2 Å². The molecule has 1 atom stereocenters. The molecule has 1 saturated heterocycles. The number of likely N-dealkylation sites (tertiary alicyclic amines) is 1. The second-order valence-electron chi connectivity index (χ2n) is 4.99. The molecule has 98 valence electrons. The van der Waals surface area contributed by atoms with Crippen LogP contribution < -0.4 is 0 Å². The lowest BCUT2D eigenvalue weighted by Gasteiger charge is -2.35. The minimum Gasteiger partial charge on any atom is -0.300 e. The third-order valence-electron chi connectivity index (χ3n) is 3.50. The fraction of sp³-hybridized carbons (Fsp3) is 0.571. The maximum atomic E-state index is 11.3. The number of rotatable bonds is 4. The van der Waals surface area contributed by atoms with Gasteiger partial charge in [0.25, 0.3) is 0 Å². The van der Waals surface area contributed by atoms with Gasteiger partial charge in [0, 0.05) is 31.4 Å². The van der Waals surface area contributed by atoms with Crippen LogP contribution in [0.25, 0.3) is 0 Å². The number of carbonyl (C=O) groups is 1. The molecule has 1 fully saturated rings. The summed E-state index contributed by atoms with van der Waals surface area (Å²) in [5.74, 6) is 0.271. The highest BCUT2D eigenvalue weighted by molar-refractivity contribution is 6.31. The molecular weight excluding hydrogens is 248 g/mol. The zero-order chi connectivity index (χ0) is 13.0. The summed E-state index contributed by atoms with van der Waals surface area (Å²) in [5, 5.41) is 0.713. The zero-order valence-electron chi connectivity index (χ0n) is 10.7. The molecule has 1 aromatic rings. The Morgan fingerprint density at radius 3 is 3.11 bits per heavy atom. The van der Waals surface area contributed by atoms with E-state index < -0.39 is 0 Å². The summed E-state index contributed by atoms with van der Waals surface area (Å²) in [4.78, 5) is 17.7. The Labute approximate surface area is 113 Å². The lowest BCUT2D eigenvalue weighted by atomic mass is 9.97. The molecule has 18 heavy (non-hydrogen) atoms. The largest absolute Gasteiger partial charge is 0.300 e. The predicted molar refractivity (Wildman–Crippen MR) is 72.6 cm³/mol. The SMILES string of the molecule is CC(=O)CC1CCCCN1Cc1ccncc1Cl. The number of pyridine rings is 1. The second-order valence-corrected chi connectivity index (χ2v) is 5.40. The Hall–Kier alpha value is -0.930. The van der Waals surface area contributed by atoms with Crippen LogP contribution in [0, 0.1) is 0 Å². The maximum Gasteiger partial charge on any atom is 0.131 e. The number of hydrogen-bond donors (Lipinski definition) is 0. The van der Waals surface area contributed by atoms with Crippen molar-refractivity contribution in [2.75, 3.05) is 6.54 Å². The lowest BCUT2D eigenvalue weighted by molar-refractivity contribution is -0.118. The van der Waals surface area contributed by atoms with Gasteiger partial charge in [-0.1, -0.05) is 18.0 Å². The Morgan fingerprint density at radius 2 is 2.39 bits per heavy atom. The van der Waals surface area contributed by atoms with Crippen LogP contribution in [0.1, 0.15) is 38.2 Å². The highest BCUT2D eigenvalue weighted by Crippen LogP contribution is 2.24. The van der Waals surface area contributed by atoms with Crippen molar-refractivity contribution in [2.24, 2.45) is 0 Å². The van der Waals surface area contributed by atoms with Gasteiger partial charge in [-0.25, -0.2) is 0 Å². The average Bonchev–Trinajstić information content (AvgIpc) is 2.34. The molecule has 1 aromatic heterocycles. The normalized spacial score (nSPS) is 20.9. The van der Waals surface area contributed by atoms with Crippen molar-refractivity contribution in [3.8, 4) is 0 Å². The quantitative estimate of drug-likeness (QED) is 0.840. The Kier molecular flexibility index (Phi) is 4.72. The van der Waals surface area contributed by atoms with Crippen LogP contribution in [0.4, 0.5) is 0 Å². The highest BCUT2D eigenvalue weighted by Gasteiger charge is 2.23. The van der Waals surface area contributed by atoms with E-state index in [0.29, 0.717) is 17.5 Å². The van der Waals surface area contributed by atoms with Crippen molar-refractivity contribution in [1.29, 1.82) is 0 Å². The van der Waals surface area contributed by atoms with E-state index in [1.54, 1.807) is 19.3 Å². The molecule has 0 amide bonds. The third-order valence-corrected chi connectivity index (χ3v) is 3.84. The number of halogens is 1. The van der Waals surface area contributed by atoms with Gasteiger partial charge in [0.15, 0.2) is 0 Å². The van der Waals surface area contributed by atoms with E-state index in [1.165, 1.54) is 12.8 Å². The van der Waals surface area contributed by atoms with Gasteiger partial charge in [0.05, 0.1) is 5.02 Å². The fourth-order valence-electron chi connectivity index (χ4n) is 2.58. The van der Waals surface area contributed by atoms with Crippen LogP contribution in [0.2, 0.25) is 5.02 Å². The molecule has 4 heteroatoms.